The summed E-state index contributed by atoms with van der Waals surface area (Å²) in [6.45, 7) is 7.25. The number of carboxylic acid groups (broad SMARTS) is 1. The van der Waals surface area contributed by atoms with Crippen LogP contribution < -0.4 is 4.90 Å². The normalized spacial score (nSPS) is 12.2. The van der Waals surface area contributed by atoms with E-state index in [1.54, 1.807) is 0 Å². The molecule has 5 heteroatoms. The van der Waals surface area contributed by atoms with E-state index in [9.17, 15) is 4.79 Å². The van der Waals surface area contributed by atoms with E-state index in [1.807, 2.05) is 0 Å². The fourth-order valence-corrected chi connectivity index (χ4v) is 2.12. The molecule has 0 fully saturated rings. The van der Waals surface area contributed by atoms with Crippen molar-refractivity contribution in [2.24, 2.45) is 0 Å². The van der Waals surface area contributed by atoms with E-state index in [0.717, 1.165) is 25.8 Å². The maximum Gasteiger partial charge on any atom is 0.337 e. The minimum absolute atomic E-state index is 0.119. The first-order valence-electron chi connectivity index (χ1n) is 6.66. The van der Waals surface area contributed by atoms with E-state index in [0.29, 0.717) is 16.9 Å². The van der Waals surface area contributed by atoms with Crippen LogP contribution in [0.1, 0.15) is 50.4 Å². The average Bonchev–Trinajstić information content (AvgIpc) is 2.39. The van der Waals surface area contributed by atoms with Gasteiger partial charge in [0.05, 0.1) is 10.6 Å². The number of unbranched alkanes of at least 4 members (excludes halogenated alkanes) is 1. The second kappa shape index (κ2) is 7.34. The number of carboxylic acids is 1. The molecule has 106 valence electrons. The van der Waals surface area contributed by atoms with Gasteiger partial charge in [-0.25, -0.2) is 9.78 Å². The molecule has 1 rings (SSSR count). The Morgan fingerprint density at radius 3 is 2.68 bits per heavy atom. The van der Waals surface area contributed by atoms with Gasteiger partial charge in [-0.3, -0.25) is 0 Å². The summed E-state index contributed by atoms with van der Waals surface area (Å²) in [5, 5.41) is 9.32. The maximum absolute atomic E-state index is 10.9. The molecule has 0 amide bonds. The van der Waals surface area contributed by atoms with Crippen LogP contribution >= 0.6 is 11.6 Å². The number of hydrogen-bond donors (Lipinski definition) is 1. The smallest absolute Gasteiger partial charge is 0.337 e. The maximum atomic E-state index is 10.9. The molecule has 0 saturated carbocycles. The molecule has 1 N–H and O–H groups in total. The summed E-state index contributed by atoms with van der Waals surface area (Å²) in [5.41, 5.74) is 0.119. The van der Waals surface area contributed by atoms with E-state index in [-0.39, 0.29) is 5.56 Å². The first-order valence-corrected chi connectivity index (χ1v) is 7.04. The van der Waals surface area contributed by atoms with Gasteiger partial charge in [0.2, 0.25) is 0 Å². The van der Waals surface area contributed by atoms with Gasteiger partial charge in [-0.1, -0.05) is 31.9 Å². The summed E-state index contributed by atoms with van der Waals surface area (Å²) in [7, 11) is 0. The molecule has 0 bridgehead atoms. The average molecular weight is 285 g/mol. The Morgan fingerprint density at radius 2 is 2.21 bits per heavy atom. The fourth-order valence-electron chi connectivity index (χ4n) is 1.84. The summed E-state index contributed by atoms with van der Waals surface area (Å²) >= 11 is 6.18. The van der Waals surface area contributed by atoms with Gasteiger partial charge in [0.15, 0.2) is 0 Å². The summed E-state index contributed by atoms with van der Waals surface area (Å²) < 4.78 is 0. The number of halogens is 1. The van der Waals surface area contributed by atoms with Crippen molar-refractivity contribution in [2.45, 2.75) is 46.1 Å². The van der Waals surface area contributed by atoms with Crippen LogP contribution in [0.25, 0.3) is 0 Å². The van der Waals surface area contributed by atoms with Crippen molar-refractivity contribution >= 4 is 23.4 Å². The molecule has 0 aliphatic rings. The zero-order valence-electron chi connectivity index (χ0n) is 11.7. The molecule has 19 heavy (non-hydrogen) atoms. The summed E-state index contributed by atoms with van der Waals surface area (Å²) in [6, 6.07) is 1.79. The van der Waals surface area contributed by atoms with E-state index in [1.165, 1.54) is 12.3 Å². The molecular weight excluding hydrogens is 264 g/mol. The molecule has 0 radical (unpaired) electrons. The number of carbonyl (C=O) groups is 1. The van der Waals surface area contributed by atoms with E-state index in [4.69, 9.17) is 16.7 Å². The highest BCUT2D eigenvalue weighted by Gasteiger charge is 2.18. The molecule has 0 spiro atoms. The second-order valence-electron chi connectivity index (χ2n) is 4.64. The SMILES string of the molecule is CCCCN(c1ncc(C(=O)O)cc1Cl)C(C)CC. The number of anilines is 1. The fraction of sp³-hybridized carbons (Fsp3) is 0.571. The summed E-state index contributed by atoms with van der Waals surface area (Å²) in [5.74, 6) is -0.334. The van der Waals surface area contributed by atoms with Crippen LogP contribution in [0.4, 0.5) is 5.82 Å². The van der Waals surface area contributed by atoms with Crippen LogP contribution in [-0.4, -0.2) is 28.6 Å². The van der Waals surface area contributed by atoms with Crippen LogP contribution in [0.2, 0.25) is 5.02 Å². The number of pyridine rings is 1. The van der Waals surface area contributed by atoms with Crippen molar-refractivity contribution < 1.29 is 9.90 Å². The third kappa shape index (κ3) is 4.10. The largest absolute Gasteiger partial charge is 0.478 e. The monoisotopic (exact) mass is 284 g/mol. The molecule has 0 saturated heterocycles. The third-order valence-corrected chi connectivity index (χ3v) is 3.49. The number of nitrogens with zero attached hydrogens (tertiary/aromatic N) is 2. The van der Waals surface area contributed by atoms with Crippen LogP contribution in [0, 0.1) is 0 Å². The molecule has 1 unspecified atom stereocenters. The van der Waals surface area contributed by atoms with E-state index < -0.39 is 5.97 Å². The number of aromatic carboxylic acids is 1. The summed E-state index contributed by atoms with van der Waals surface area (Å²) in [6.07, 6.45) is 4.51. The van der Waals surface area contributed by atoms with Gasteiger partial charge in [-0.15, -0.1) is 0 Å². The Bertz CT molecular complexity index is 437. The summed E-state index contributed by atoms with van der Waals surface area (Å²) in [4.78, 5) is 17.3. The molecular formula is C14H21ClN2O2. The highest BCUT2D eigenvalue weighted by atomic mass is 35.5. The van der Waals surface area contributed by atoms with Gasteiger partial charge in [0.1, 0.15) is 5.82 Å². The van der Waals surface area contributed by atoms with Gasteiger partial charge >= 0.3 is 5.97 Å². The quantitative estimate of drug-likeness (QED) is 0.826. The molecule has 1 aromatic rings. The molecule has 4 nitrogen and oxygen atoms in total. The topological polar surface area (TPSA) is 53.4 Å². The first kappa shape index (κ1) is 15.8. The zero-order chi connectivity index (χ0) is 14.4. The molecule has 1 aromatic heterocycles. The molecule has 1 heterocycles. The third-order valence-electron chi connectivity index (χ3n) is 3.22. The Labute approximate surface area is 119 Å². The highest BCUT2D eigenvalue weighted by molar-refractivity contribution is 6.33. The van der Waals surface area contributed by atoms with Gasteiger partial charge in [-0.2, -0.15) is 0 Å². The lowest BCUT2D eigenvalue weighted by atomic mass is 10.2. The van der Waals surface area contributed by atoms with Gasteiger partial charge in [0, 0.05) is 18.8 Å². The minimum Gasteiger partial charge on any atom is -0.478 e. The van der Waals surface area contributed by atoms with Crippen molar-refractivity contribution in [1.29, 1.82) is 0 Å². The predicted octanol–water partition coefficient (Wildman–Crippen LogP) is 3.84. The Hall–Kier alpha value is -1.29. The lowest BCUT2D eigenvalue weighted by Gasteiger charge is -2.30. The van der Waals surface area contributed by atoms with Crippen molar-refractivity contribution in [3.63, 3.8) is 0 Å². The molecule has 0 aliphatic carbocycles. The standard InChI is InChI=1S/C14H21ClN2O2/c1-4-6-7-17(10(3)5-2)13-12(15)8-11(9-16-13)14(18)19/h8-10H,4-7H2,1-3H3,(H,18,19). The predicted molar refractivity (Wildman–Crippen MR) is 78.2 cm³/mol. The lowest BCUT2D eigenvalue weighted by Crippen LogP contribution is -2.34. The molecule has 1 atom stereocenters. The van der Waals surface area contributed by atoms with Crippen LogP contribution in [0.15, 0.2) is 12.3 Å². The lowest BCUT2D eigenvalue weighted by molar-refractivity contribution is 0.0696. The zero-order valence-corrected chi connectivity index (χ0v) is 12.4. The number of aromatic nitrogens is 1. The van der Waals surface area contributed by atoms with E-state index >= 15 is 0 Å². The molecule has 0 aliphatic heterocycles. The van der Waals surface area contributed by atoms with Crippen molar-refractivity contribution in [3.8, 4) is 0 Å². The second-order valence-corrected chi connectivity index (χ2v) is 5.05. The number of hydrogen-bond acceptors (Lipinski definition) is 3. The number of rotatable bonds is 7. The Kier molecular flexibility index (Phi) is 6.09. The van der Waals surface area contributed by atoms with Crippen LogP contribution in [0.5, 0.6) is 0 Å². The highest BCUT2D eigenvalue weighted by Crippen LogP contribution is 2.27. The van der Waals surface area contributed by atoms with Gasteiger partial charge in [-0.05, 0) is 25.8 Å². The van der Waals surface area contributed by atoms with E-state index in [2.05, 4.69) is 30.7 Å². The van der Waals surface area contributed by atoms with Crippen LogP contribution in [-0.2, 0) is 0 Å². The minimum atomic E-state index is -1.01. The van der Waals surface area contributed by atoms with Gasteiger partial charge < -0.3 is 10.0 Å². The first-order chi connectivity index (χ1) is 9.01. The van der Waals surface area contributed by atoms with Gasteiger partial charge in [0.25, 0.3) is 0 Å². The van der Waals surface area contributed by atoms with Crippen molar-refractivity contribution in [3.05, 3.63) is 22.8 Å². The Balaban J connectivity index is 3.04. The van der Waals surface area contributed by atoms with Crippen LogP contribution in [0.3, 0.4) is 0 Å². The molecule has 0 aromatic carbocycles. The Morgan fingerprint density at radius 1 is 1.53 bits per heavy atom. The van der Waals surface area contributed by atoms with Crippen molar-refractivity contribution in [2.75, 3.05) is 11.4 Å². The van der Waals surface area contributed by atoms with Crippen molar-refractivity contribution in [1.82, 2.24) is 4.98 Å².